The lowest BCUT2D eigenvalue weighted by atomic mass is 9.88. The van der Waals surface area contributed by atoms with Crippen molar-refractivity contribution in [2.45, 2.75) is 25.1 Å². The van der Waals surface area contributed by atoms with Crippen LogP contribution < -0.4 is 5.32 Å². The Balaban J connectivity index is 1.64. The number of aromatic nitrogens is 1. The monoisotopic (exact) mass is 352 g/mol. The highest BCUT2D eigenvalue weighted by Crippen LogP contribution is 2.38. The van der Waals surface area contributed by atoms with Gasteiger partial charge in [-0.25, -0.2) is 0 Å². The van der Waals surface area contributed by atoms with Crippen LogP contribution in [0.4, 0.5) is 5.69 Å². The number of hydrogen-bond donors (Lipinski definition) is 1. The summed E-state index contributed by atoms with van der Waals surface area (Å²) in [4.78, 5) is 11.7. The molecule has 1 N–H and O–H groups in total. The number of anilines is 1. The number of nitrogens with one attached hydrogen (secondary N) is 1. The van der Waals surface area contributed by atoms with Crippen LogP contribution in [0.1, 0.15) is 18.1 Å². The van der Waals surface area contributed by atoms with Crippen LogP contribution >= 0.6 is 11.6 Å². The molecule has 126 valence electrons. The lowest BCUT2D eigenvalue weighted by Crippen LogP contribution is -2.20. The Labute approximate surface area is 150 Å². The summed E-state index contributed by atoms with van der Waals surface area (Å²) < 4.78 is 5.66. The molecule has 1 amide bonds. The fraction of sp³-hybridized carbons (Fsp3) is 0.200. The third-order valence-corrected chi connectivity index (χ3v) is 4.68. The van der Waals surface area contributed by atoms with E-state index < -0.39 is 5.38 Å². The van der Waals surface area contributed by atoms with Crippen LogP contribution in [0, 0.1) is 0 Å². The van der Waals surface area contributed by atoms with Crippen LogP contribution in [0.2, 0.25) is 0 Å². The van der Waals surface area contributed by atoms with Crippen molar-refractivity contribution in [1.82, 2.24) is 5.16 Å². The number of carbonyl (C=O) groups excluding carboxylic acids is 1. The van der Waals surface area contributed by atoms with Crippen molar-refractivity contribution < 1.29 is 9.32 Å². The van der Waals surface area contributed by atoms with Gasteiger partial charge in [0.2, 0.25) is 5.91 Å². The van der Waals surface area contributed by atoms with Crippen LogP contribution in [-0.4, -0.2) is 16.4 Å². The zero-order valence-corrected chi connectivity index (χ0v) is 14.5. The number of alkyl halides is 1. The van der Waals surface area contributed by atoms with E-state index in [4.69, 9.17) is 16.1 Å². The molecule has 4 nitrogen and oxygen atoms in total. The molecule has 0 saturated carbocycles. The second-order valence-electron chi connectivity index (χ2n) is 6.18. The number of aryl methyl sites for hydroxylation is 1. The van der Waals surface area contributed by atoms with Crippen molar-refractivity contribution in [3.05, 3.63) is 59.7 Å². The van der Waals surface area contributed by atoms with Gasteiger partial charge in [-0.1, -0.05) is 29.4 Å². The summed E-state index contributed by atoms with van der Waals surface area (Å²) in [5, 5.41) is 6.51. The van der Waals surface area contributed by atoms with E-state index in [0.717, 1.165) is 41.0 Å². The molecule has 0 spiro atoms. The van der Waals surface area contributed by atoms with Crippen LogP contribution in [0.15, 0.2) is 53.1 Å². The van der Waals surface area contributed by atoms with Crippen molar-refractivity contribution in [2.24, 2.45) is 0 Å². The maximum Gasteiger partial charge on any atom is 0.242 e. The van der Waals surface area contributed by atoms with Crippen molar-refractivity contribution in [1.29, 1.82) is 0 Å². The Morgan fingerprint density at radius 3 is 2.68 bits per heavy atom. The molecular weight excluding hydrogens is 336 g/mol. The number of amides is 1. The third-order valence-electron chi connectivity index (χ3n) is 4.48. The Kier molecular flexibility index (Phi) is 4.06. The molecule has 1 aromatic heterocycles. The second-order valence-corrected chi connectivity index (χ2v) is 6.83. The van der Waals surface area contributed by atoms with Gasteiger partial charge in [0, 0.05) is 22.4 Å². The average Bonchev–Trinajstić information content (AvgIpc) is 3.07. The van der Waals surface area contributed by atoms with Gasteiger partial charge >= 0.3 is 0 Å². The SMILES string of the molecule is CC(Cl)C(=O)Nc1ccc(-c2onc3c2CCc2ccccc2-3)cc1. The normalized spacial score (nSPS) is 13.7. The van der Waals surface area contributed by atoms with E-state index in [-0.39, 0.29) is 5.91 Å². The molecule has 4 rings (SSSR count). The quantitative estimate of drug-likeness (QED) is 0.697. The largest absolute Gasteiger partial charge is 0.355 e. The zero-order valence-electron chi connectivity index (χ0n) is 13.8. The van der Waals surface area contributed by atoms with Crippen molar-refractivity contribution in [3.8, 4) is 22.6 Å². The van der Waals surface area contributed by atoms with Gasteiger partial charge in [-0.2, -0.15) is 0 Å². The molecule has 5 heteroatoms. The zero-order chi connectivity index (χ0) is 17.4. The average molecular weight is 353 g/mol. The maximum absolute atomic E-state index is 11.7. The van der Waals surface area contributed by atoms with E-state index in [2.05, 4.69) is 28.7 Å². The number of benzene rings is 2. The van der Waals surface area contributed by atoms with E-state index in [1.807, 2.05) is 30.3 Å². The van der Waals surface area contributed by atoms with Crippen LogP contribution in [0.3, 0.4) is 0 Å². The van der Waals surface area contributed by atoms with E-state index in [9.17, 15) is 4.79 Å². The van der Waals surface area contributed by atoms with Gasteiger partial charge in [0.15, 0.2) is 5.76 Å². The van der Waals surface area contributed by atoms with Gasteiger partial charge in [-0.3, -0.25) is 4.79 Å². The van der Waals surface area contributed by atoms with Crippen molar-refractivity contribution in [3.63, 3.8) is 0 Å². The minimum atomic E-state index is -0.568. The highest BCUT2D eigenvalue weighted by atomic mass is 35.5. The summed E-state index contributed by atoms with van der Waals surface area (Å²) in [6, 6.07) is 15.9. The fourth-order valence-electron chi connectivity index (χ4n) is 3.16. The first-order chi connectivity index (χ1) is 12.1. The molecule has 1 unspecified atom stereocenters. The summed E-state index contributed by atoms with van der Waals surface area (Å²) in [5.41, 5.74) is 6.20. The highest BCUT2D eigenvalue weighted by molar-refractivity contribution is 6.32. The standard InChI is InChI=1S/C20H17ClN2O2/c1-12(21)20(24)22-15-9-6-14(7-10-15)19-17-11-8-13-4-2-3-5-16(13)18(17)23-25-19/h2-7,9-10,12H,8,11H2,1H3,(H,22,24). The van der Waals surface area contributed by atoms with Crippen molar-refractivity contribution in [2.75, 3.05) is 5.32 Å². The molecule has 0 saturated heterocycles. The minimum Gasteiger partial charge on any atom is -0.355 e. The van der Waals surface area contributed by atoms with Gasteiger partial charge in [-0.15, -0.1) is 11.6 Å². The molecule has 0 bridgehead atoms. The number of carbonyl (C=O) groups is 1. The molecule has 1 atom stereocenters. The minimum absolute atomic E-state index is 0.219. The first-order valence-electron chi connectivity index (χ1n) is 8.25. The van der Waals surface area contributed by atoms with Gasteiger partial charge < -0.3 is 9.84 Å². The molecule has 25 heavy (non-hydrogen) atoms. The molecule has 0 radical (unpaired) electrons. The molecule has 1 aliphatic carbocycles. The van der Waals surface area contributed by atoms with Crippen LogP contribution in [-0.2, 0) is 17.6 Å². The lowest BCUT2D eigenvalue weighted by molar-refractivity contribution is -0.115. The molecule has 2 aromatic carbocycles. The summed E-state index contributed by atoms with van der Waals surface area (Å²) in [6.07, 6.45) is 1.90. The van der Waals surface area contributed by atoms with E-state index in [0.29, 0.717) is 5.69 Å². The predicted molar refractivity (Wildman–Crippen MR) is 98.7 cm³/mol. The Hall–Kier alpha value is -2.59. The van der Waals surface area contributed by atoms with Gasteiger partial charge in [0.25, 0.3) is 0 Å². The molecule has 1 aliphatic rings. The van der Waals surface area contributed by atoms with Gasteiger partial charge in [0.1, 0.15) is 11.1 Å². The third kappa shape index (κ3) is 2.94. The second kappa shape index (κ2) is 6.37. The number of nitrogens with zero attached hydrogens (tertiary/aromatic N) is 1. The topological polar surface area (TPSA) is 55.1 Å². The molecular formula is C20H17ClN2O2. The number of fused-ring (bicyclic) bond motifs is 3. The number of rotatable bonds is 3. The van der Waals surface area contributed by atoms with E-state index >= 15 is 0 Å². The summed E-state index contributed by atoms with van der Waals surface area (Å²) >= 11 is 5.78. The van der Waals surface area contributed by atoms with Crippen LogP contribution in [0.5, 0.6) is 0 Å². The first kappa shape index (κ1) is 15.9. The number of halogens is 1. The molecule has 1 heterocycles. The Morgan fingerprint density at radius 1 is 1.16 bits per heavy atom. The molecule has 0 fully saturated rings. The smallest absolute Gasteiger partial charge is 0.242 e. The molecule has 3 aromatic rings. The first-order valence-corrected chi connectivity index (χ1v) is 8.69. The maximum atomic E-state index is 11.7. The number of hydrogen-bond acceptors (Lipinski definition) is 3. The predicted octanol–water partition coefficient (Wildman–Crippen LogP) is 4.67. The summed E-state index contributed by atoms with van der Waals surface area (Å²) in [5.74, 6) is 0.580. The van der Waals surface area contributed by atoms with Gasteiger partial charge in [0.05, 0.1) is 0 Å². The van der Waals surface area contributed by atoms with E-state index in [1.54, 1.807) is 6.92 Å². The summed E-state index contributed by atoms with van der Waals surface area (Å²) in [7, 11) is 0. The van der Waals surface area contributed by atoms with Crippen molar-refractivity contribution >= 4 is 23.2 Å². The van der Waals surface area contributed by atoms with Gasteiger partial charge in [-0.05, 0) is 49.6 Å². The van der Waals surface area contributed by atoms with E-state index in [1.165, 1.54) is 5.56 Å². The fourth-order valence-corrected chi connectivity index (χ4v) is 3.21. The Morgan fingerprint density at radius 2 is 1.92 bits per heavy atom. The molecule has 0 aliphatic heterocycles. The highest BCUT2D eigenvalue weighted by Gasteiger charge is 2.24. The lowest BCUT2D eigenvalue weighted by Gasteiger charge is -2.14. The summed E-state index contributed by atoms with van der Waals surface area (Å²) in [6.45, 7) is 1.64. The Bertz CT molecular complexity index is 929. The van der Waals surface area contributed by atoms with Crippen LogP contribution in [0.25, 0.3) is 22.6 Å².